The predicted octanol–water partition coefficient (Wildman–Crippen LogP) is 2.46. The highest BCUT2D eigenvalue weighted by Gasteiger charge is 2.43. The Bertz CT molecular complexity index is 739. The van der Waals surface area contributed by atoms with E-state index in [9.17, 15) is 18.0 Å². The van der Waals surface area contributed by atoms with Crippen molar-refractivity contribution in [2.45, 2.75) is 12.2 Å². The normalized spacial score (nSPS) is 12.3. The smallest absolute Gasteiger partial charge is 0.414 e. The molecule has 140 valence electrons. The highest BCUT2D eigenvalue weighted by Crippen LogP contribution is 2.33. The molecule has 0 aliphatic heterocycles. The number of carbonyl (C=O) groups is 1. The molecule has 1 amide bonds. The van der Waals surface area contributed by atoms with E-state index in [1.54, 1.807) is 0 Å². The maximum atomic E-state index is 13.3. The molecule has 3 N–H and O–H groups in total. The van der Waals surface area contributed by atoms with E-state index >= 15 is 0 Å². The number of amides is 1. The quantitative estimate of drug-likeness (QED) is 0.783. The molecule has 0 fully saturated rings. The van der Waals surface area contributed by atoms with Crippen molar-refractivity contribution in [3.05, 3.63) is 53.9 Å². The van der Waals surface area contributed by atoms with Crippen LogP contribution >= 0.6 is 0 Å². The van der Waals surface area contributed by atoms with Gasteiger partial charge in [0.05, 0.1) is 12.8 Å². The van der Waals surface area contributed by atoms with E-state index < -0.39 is 18.1 Å². The number of pyridine rings is 1. The maximum absolute atomic E-state index is 13.3. The fraction of sp³-hybridized carbons (Fsp3) is 0.294. The SMILES string of the molecule is COc1ccc(C(=O)N[C@@H](c2ccccn2)C(F)(F)F)cc1OCCN. The topological polar surface area (TPSA) is 86.5 Å². The van der Waals surface area contributed by atoms with Gasteiger partial charge in [-0.2, -0.15) is 13.2 Å². The number of nitrogens with one attached hydrogen (secondary N) is 1. The summed E-state index contributed by atoms with van der Waals surface area (Å²) in [5.41, 5.74) is 5.05. The Morgan fingerprint density at radius 2 is 2.04 bits per heavy atom. The third-order valence-corrected chi connectivity index (χ3v) is 3.39. The van der Waals surface area contributed by atoms with Crippen molar-refractivity contribution in [3.8, 4) is 11.5 Å². The van der Waals surface area contributed by atoms with Crippen LogP contribution < -0.4 is 20.5 Å². The molecule has 9 heteroatoms. The van der Waals surface area contributed by atoms with Gasteiger partial charge in [0.1, 0.15) is 6.61 Å². The molecule has 1 aromatic heterocycles. The zero-order valence-corrected chi connectivity index (χ0v) is 13.9. The Balaban J connectivity index is 2.26. The van der Waals surface area contributed by atoms with Crippen LogP contribution in [-0.2, 0) is 0 Å². The fourth-order valence-corrected chi connectivity index (χ4v) is 2.18. The first-order valence-corrected chi connectivity index (χ1v) is 7.66. The average Bonchev–Trinajstić information content (AvgIpc) is 2.63. The van der Waals surface area contributed by atoms with E-state index in [1.807, 2.05) is 5.32 Å². The zero-order chi connectivity index (χ0) is 19.2. The maximum Gasteiger partial charge on any atom is 0.414 e. The van der Waals surface area contributed by atoms with Crippen molar-refractivity contribution < 1.29 is 27.4 Å². The Kier molecular flexibility index (Phi) is 6.40. The summed E-state index contributed by atoms with van der Waals surface area (Å²) in [4.78, 5) is 16.0. The second kappa shape index (κ2) is 8.52. The second-order valence-electron chi connectivity index (χ2n) is 5.21. The number of nitrogens with two attached hydrogens (primary N) is 1. The fourth-order valence-electron chi connectivity index (χ4n) is 2.18. The number of rotatable bonds is 7. The molecular formula is C17H18F3N3O3. The van der Waals surface area contributed by atoms with Crippen LogP contribution in [0.25, 0.3) is 0 Å². The predicted molar refractivity (Wildman–Crippen MR) is 88.0 cm³/mol. The van der Waals surface area contributed by atoms with Crippen LogP contribution in [0.15, 0.2) is 42.6 Å². The first kappa shape index (κ1) is 19.5. The Labute approximate surface area is 148 Å². The van der Waals surface area contributed by atoms with Gasteiger partial charge in [-0.25, -0.2) is 0 Å². The molecule has 0 aliphatic carbocycles. The summed E-state index contributed by atoms with van der Waals surface area (Å²) in [5.74, 6) is -0.364. The Hall–Kier alpha value is -2.81. The molecule has 26 heavy (non-hydrogen) atoms. The van der Waals surface area contributed by atoms with Crippen LogP contribution in [0.1, 0.15) is 22.1 Å². The van der Waals surface area contributed by atoms with Gasteiger partial charge in [0.15, 0.2) is 17.5 Å². The number of ether oxygens (including phenoxy) is 2. The summed E-state index contributed by atoms with van der Waals surface area (Å²) in [6.45, 7) is 0.399. The highest BCUT2D eigenvalue weighted by atomic mass is 19.4. The molecule has 2 rings (SSSR count). The number of methoxy groups -OCH3 is 1. The van der Waals surface area contributed by atoms with Crippen molar-refractivity contribution in [1.82, 2.24) is 10.3 Å². The van der Waals surface area contributed by atoms with Crippen LogP contribution in [0, 0.1) is 0 Å². The first-order chi connectivity index (χ1) is 12.4. The first-order valence-electron chi connectivity index (χ1n) is 7.66. The van der Waals surface area contributed by atoms with Crippen molar-refractivity contribution in [2.75, 3.05) is 20.3 Å². The van der Waals surface area contributed by atoms with Crippen molar-refractivity contribution in [1.29, 1.82) is 0 Å². The van der Waals surface area contributed by atoms with E-state index in [-0.39, 0.29) is 30.2 Å². The van der Waals surface area contributed by atoms with Gasteiger partial charge in [-0.15, -0.1) is 0 Å². The van der Waals surface area contributed by atoms with Crippen LogP contribution in [0.2, 0.25) is 0 Å². The molecule has 6 nitrogen and oxygen atoms in total. The number of halogens is 3. The lowest BCUT2D eigenvalue weighted by Gasteiger charge is -2.21. The number of aromatic nitrogens is 1. The van der Waals surface area contributed by atoms with Crippen molar-refractivity contribution >= 4 is 5.91 Å². The van der Waals surface area contributed by atoms with Crippen LogP contribution in [0.5, 0.6) is 11.5 Å². The molecule has 1 atom stereocenters. The number of carbonyl (C=O) groups excluding carboxylic acids is 1. The number of hydrogen-bond donors (Lipinski definition) is 2. The molecule has 0 bridgehead atoms. The number of benzene rings is 1. The molecule has 0 saturated heterocycles. The summed E-state index contributed by atoms with van der Waals surface area (Å²) in [5, 5.41) is 1.96. The van der Waals surface area contributed by atoms with E-state index in [0.717, 1.165) is 0 Å². The number of hydrogen-bond acceptors (Lipinski definition) is 5. The van der Waals surface area contributed by atoms with Crippen LogP contribution in [0.3, 0.4) is 0 Å². The molecule has 0 spiro atoms. The minimum atomic E-state index is -4.70. The average molecular weight is 369 g/mol. The lowest BCUT2D eigenvalue weighted by molar-refractivity contribution is -0.156. The largest absolute Gasteiger partial charge is 0.493 e. The number of nitrogens with zero attached hydrogens (tertiary/aromatic N) is 1. The Morgan fingerprint density at radius 3 is 2.62 bits per heavy atom. The standard InChI is InChI=1S/C17H18F3N3O3/c1-25-13-6-5-11(10-14(13)26-9-7-21)16(24)23-15(17(18,19)20)12-4-2-3-8-22-12/h2-6,8,10,15H,7,9,21H2,1H3,(H,23,24)/t15-/m0/s1. The van der Waals surface area contributed by atoms with Gasteiger partial charge in [0.25, 0.3) is 5.91 Å². The summed E-state index contributed by atoms with van der Waals surface area (Å²) < 4.78 is 50.5. The third-order valence-electron chi connectivity index (χ3n) is 3.39. The van der Waals surface area contributed by atoms with Gasteiger partial charge in [-0.1, -0.05) is 6.07 Å². The van der Waals surface area contributed by atoms with Crippen molar-refractivity contribution in [2.24, 2.45) is 5.73 Å². The van der Waals surface area contributed by atoms with Crippen molar-refractivity contribution in [3.63, 3.8) is 0 Å². The summed E-state index contributed by atoms with van der Waals surface area (Å²) in [7, 11) is 1.41. The highest BCUT2D eigenvalue weighted by molar-refractivity contribution is 5.95. The molecule has 1 heterocycles. The molecule has 0 unspecified atom stereocenters. The zero-order valence-electron chi connectivity index (χ0n) is 13.9. The monoisotopic (exact) mass is 369 g/mol. The van der Waals surface area contributed by atoms with E-state index in [4.69, 9.17) is 15.2 Å². The second-order valence-corrected chi connectivity index (χ2v) is 5.21. The van der Waals surface area contributed by atoms with Gasteiger partial charge >= 0.3 is 6.18 Å². The molecule has 2 aromatic rings. The van der Waals surface area contributed by atoms with E-state index in [1.165, 1.54) is 49.7 Å². The lowest BCUT2D eigenvalue weighted by Crippen LogP contribution is -2.38. The summed E-state index contributed by atoms with van der Waals surface area (Å²) in [6, 6.07) is 5.95. The van der Waals surface area contributed by atoms with Gasteiger partial charge < -0.3 is 20.5 Å². The molecule has 0 saturated carbocycles. The Morgan fingerprint density at radius 1 is 1.27 bits per heavy atom. The minimum absolute atomic E-state index is 0.0111. The van der Waals surface area contributed by atoms with Gasteiger partial charge in [-0.3, -0.25) is 9.78 Å². The third kappa shape index (κ3) is 4.85. The van der Waals surface area contributed by atoms with Crippen LogP contribution in [0.4, 0.5) is 13.2 Å². The molecule has 0 radical (unpaired) electrons. The van der Waals surface area contributed by atoms with Gasteiger partial charge in [0, 0.05) is 18.3 Å². The number of alkyl halides is 3. The van der Waals surface area contributed by atoms with Gasteiger partial charge in [-0.05, 0) is 30.3 Å². The van der Waals surface area contributed by atoms with Crippen LogP contribution in [-0.4, -0.2) is 37.3 Å². The van der Waals surface area contributed by atoms with E-state index in [2.05, 4.69) is 4.98 Å². The van der Waals surface area contributed by atoms with E-state index in [0.29, 0.717) is 5.75 Å². The lowest BCUT2D eigenvalue weighted by atomic mass is 10.1. The summed E-state index contributed by atoms with van der Waals surface area (Å²) >= 11 is 0. The molecule has 1 aromatic carbocycles. The molecular weight excluding hydrogens is 351 g/mol. The molecule has 0 aliphatic rings. The van der Waals surface area contributed by atoms with Gasteiger partial charge in [0.2, 0.25) is 0 Å². The minimum Gasteiger partial charge on any atom is -0.493 e. The summed E-state index contributed by atoms with van der Waals surface area (Å²) in [6.07, 6.45) is -3.47.